The molecule has 6 nitrogen and oxygen atoms in total. The van der Waals surface area contributed by atoms with Crippen molar-refractivity contribution in [2.45, 2.75) is 32.2 Å². The fourth-order valence-electron chi connectivity index (χ4n) is 3.75. The van der Waals surface area contributed by atoms with E-state index in [2.05, 4.69) is 0 Å². The minimum absolute atomic E-state index is 0.0174. The largest absolute Gasteiger partial charge is 0.338 e. The van der Waals surface area contributed by atoms with Gasteiger partial charge in [-0.15, -0.1) is 0 Å². The summed E-state index contributed by atoms with van der Waals surface area (Å²) in [6, 6.07) is 5.67. The second-order valence-electron chi connectivity index (χ2n) is 6.95. The van der Waals surface area contributed by atoms with Crippen LogP contribution in [0.5, 0.6) is 0 Å². The third-order valence-corrected chi connectivity index (χ3v) is 6.76. The first-order valence-electron chi connectivity index (χ1n) is 8.88. The standard InChI is InChI=1S/C18H23FN2O4S/c1-2-8-20(14-7-9-26(24,25)12-14)18(23)13-10-17(22)21(11-13)16-6-4-3-5-15(16)19/h3-6,13-14H,2,7-12H2,1H3/t13-,14+/m0/s1. The number of sulfone groups is 1. The second kappa shape index (κ2) is 7.34. The Hall–Kier alpha value is -1.96. The third kappa shape index (κ3) is 3.75. The van der Waals surface area contributed by atoms with Crippen LogP contribution in [0.2, 0.25) is 0 Å². The molecule has 2 aliphatic heterocycles. The minimum atomic E-state index is -3.11. The zero-order valence-electron chi connectivity index (χ0n) is 14.7. The van der Waals surface area contributed by atoms with Gasteiger partial charge in [0.05, 0.1) is 23.1 Å². The molecular formula is C18H23FN2O4S. The van der Waals surface area contributed by atoms with Crippen molar-refractivity contribution >= 4 is 27.3 Å². The van der Waals surface area contributed by atoms with E-state index in [1.54, 1.807) is 17.0 Å². The molecule has 2 amide bonds. The van der Waals surface area contributed by atoms with Gasteiger partial charge >= 0.3 is 0 Å². The number of rotatable bonds is 5. The van der Waals surface area contributed by atoms with E-state index >= 15 is 0 Å². The summed E-state index contributed by atoms with van der Waals surface area (Å²) in [6.45, 7) is 2.51. The van der Waals surface area contributed by atoms with Crippen molar-refractivity contribution in [3.63, 3.8) is 0 Å². The summed E-state index contributed by atoms with van der Waals surface area (Å²) in [5.74, 6) is -1.49. The van der Waals surface area contributed by atoms with E-state index in [9.17, 15) is 22.4 Å². The molecule has 0 N–H and O–H groups in total. The predicted octanol–water partition coefficient (Wildman–Crippen LogP) is 1.60. The molecular weight excluding hydrogens is 359 g/mol. The quantitative estimate of drug-likeness (QED) is 0.775. The molecule has 0 radical (unpaired) electrons. The Morgan fingerprint density at radius 1 is 1.35 bits per heavy atom. The molecule has 2 aliphatic rings. The number of benzene rings is 1. The Labute approximate surface area is 152 Å². The van der Waals surface area contributed by atoms with Gasteiger partial charge in [0.25, 0.3) is 0 Å². The number of carbonyl (C=O) groups is 2. The molecule has 0 aliphatic carbocycles. The molecule has 2 saturated heterocycles. The van der Waals surface area contributed by atoms with E-state index in [4.69, 9.17) is 0 Å². The number of anilines is 1. The third-order valence-electron chi connectivity index (χ3n) is 5.01. The van der Waals surface area contributed by atoms with Gasteiger partial charge in [-0.2, -0.15) is 0 Å². The topological polar surface area (TPSA) is 74.8 Å². The maximum atomic E-state index is 14.0. The molecule has 142 valence electrons. The highest BCUT2D eigenvalue weighted by Gasteiger charge is 2.41. The molecule has 2 fully saturated rings. The summed E-state index contributed by atoms with van der Waals surface area (Å²) in [4.78, 5) is 28.3. The molecule has 3 rings (SSSR count). The van der Waals surface area contributed by atoms with Crippen molar-refractivity contribution < 1.29 is 22.4 Å². The summed E-state index contributed by atoms with van der Waals surface area (Å²) < 4.78 is 37.6. The molecule has 0 spiro atoms. The van der Waals surface area contributed by atoms with Crippen molar-refractivity contribution in [1.82, 2.24) is 4.90 Å². The summed E-state index contributed by atoms with van der Waals surface area (Å²) in [7, 11) is -3.11. The number of carbonyl (C=O) groups excluding carboxylic acids is 2. The van der Waals surface area contributed by atoms with E-state index in [0.29, 0.717) is 19.4 Å². The van der Waals surface area contributed by atoms with Crippen molar-refractivity contribution in [3.8, 4) is 0 Å². The Morgan fingerprint density at radius 3 is 2.69 bits per heavy atom. The maximum Gasteiger partial charge on any atom is 0.228 e. The van der Waals surface area contributed by atoms with Crippen LogP contribution >= 0.6 is 0 Å². The van der Waals surface area contributed by atoms with Gasteiger partial charge in [0.15, 0.2) is 9.84 Å². The van der Waals surface area contributed by atoms with Crippen LogP contribution < -0.4 is 4.90 Å². The molecule has 2 atom stereocenters. The van der Waals surface area contributed by atoms with E-state index < -0.39 is 21.6 Å². The highest BCUT2D eigenvalue weighted by atomic mass is 32.2. The van der Waals surface area contributed by atoms with E-state index in [1.807, 2.05) is 6.92 Å². The number of para-hydroxylation sites is 1. The van der Waals surface area contributed by atoms with Gasteiger partial charge in [-0.3, -0.25) is 9.59 Å². The van der Waals surface area contributed by atoms with Crippen LogP contribution in [0.3, 0.4) is 0 Å². The van der Waals surface area contributed by atoms with Gasteiger partial charge in [0, 0.05) is 25.6 Å². The zero-order valence-corrected chi connectivity index (χ0v) is 15.5. The molecule has 1 aromatic rings. The molecule has 8 heteroatoms. The minimum Gasteiger partial charge on any atom is -0.338 e. The van der Waals surface area contributed by atoms with Gasteiger partial charge in [0.1, 0.15) is 5.82 Å². The summed E-state index contributed by atoms with van der Waals surface area (Å²) in [5, 5.41) is 0. The first kappa shape index (κ1) is 18.8. The van der Waals surface area contributed by atoms with Crippen LogP contribution in [-0.2, 0) is 19.4 Å². The van der Waals surface area contributed by atoms with Gasteiger partial charge in [-0.25, -0.2) is 12.8 Å². The summed E-state index contributed by atoms with van der Waals surface area (Å²) in [5.41, 5.74) is 0.179. The molecule has 0 saturated carbocycles. The number of hydrogen-bond donors (Lipinski definition) is 0. The highest BCUT2D eigenvalue weighted by Crippen LogP contribution is 2.29. The normalized spacial score (nSPS) is 24.8. The van der Waals surface area contributed by atoms with E-state index in [0.717, 1.165) is 0 Å². The second-order valence-corrected chi connectivity index (χ2v) is 9.17. The Morgan fingerprint density at radius 2 is 2.08 bits per heavy atom. The first-order valence-corrected chi connectivity index (χ1v) is 10.7. The van der Waals surface area contributed by atoms with Crippen molar-refractivity contribution in [3.05, 3.63) is 30.1 Å². The summed E-state index contributed by atoms with van der Waals surface area (Å²) in [6.07, 6.45) is 1.17. The average Bonchev–Trinajstić information content (AvgIpc) is 3.15. The van der Waals surface area contributed by atoms with Crippen LogP contribution in [-0.4, -0.2) is 55.8 Å². The fourth-order valence-corrected chi connectivity index (χ4v) is 5.48. The lowest BCUT2D eigenvalue weighted by molar-refractivity contribution is -0.137. The highest BCUT2D eigenvalue weighted by molar-refractivity contribution is 7.91. The lowest BCUT2D eigenvalue weighted by atomic mass is 10.0. The van der Waals surface area contributed by atoms with Crippen LogP contribution in [0.15, 0.2) is 24.3 Å². The fraction of sp³-hybridized carbons (Fsp3) is 0.556. The average molecular weight is 382 g/mol. The van der Waals surface area contributed by atoms with Gasteiger partial charge < -0.3 is 9.80 Å². The van der Waals surface area contributed by atoms with Gasteiger partial charge in [-0.05, 0) is 25.0 Å². The van der Waals surface area contributed by atoms with Crippen LogP contribution in [0, 0.1) is 11.7 Å². The molecule has 2 heterocycles. The van der Waals surface area contributed by atoms with E-state index in [1.165, 1.54) is 17.0 Å². The predicted molar refractivity (Wildman–Crippen MR) is 95.9 cm³/mol. The molecule has 0 unspecified atom stereocenters. The number of hydrogen-bond acceptors (Lipinski definition) is 4. The smallest absolute Gasteiger partial charge is 0.228 e. The van der Waals surface area contributed by atoms with Crippen molar-refractivity contribution in [1.29, 1.82) is 0 Å². The Bertz CT molecular complexity index is 811. The molecule has 0 bridgehead atoms. The van der Waals surface area contributed by atoms with E-state index in [-0.39, 0.29) is 48.0 Å². The van der Waals surface area contributed by atoms with Crippen molar-refractivity contribution in [2.24, 2.45) is 5.92 Å². The number of halogens is 1. The van der Waals surface area contributed by atoms with Crippen molar-refractivity contribution in [2.75, 3.05) is 29.5 Å². The van der Waals surface area contributed by atoms with Gasteiger partial charge in [-0.1, -0.05) is 19.1 Å². The Kier molecular flexibility index (Phi) is 5.32. The first-order chi connectivity index (χ1) is 12.3. The Balaban J connectivity index is 1.76. The molecule has 1 aromatic carbocycles. The van der Waals surface area contributed by atoms with Gasteiger partial charge in [0.2, 0.25) is 11.8 Å². The lowest BCUT2D eigenvalue weighted by Crippen LogP contribution is -2.45. The SMILES string of the molecule is CCCN(C(=O)[C@H]1CC(=O)N(c2ccccc2F)C1)[C@@H]1CCS(=O)(=O)C1. The summed E-state index contributed by atoms with van der Waals surface area (Å²) >= 11 is 0. The van der Waals surface area contributed by atoms with Crippen LogP contribution in [0.4, 0.5) is 10.1 Å². The number of nitrogens with zero attached hydrogens (tertiary/aromatic N) is 2. The molecule has 0 aromatic heterocycles. The van der Waals surface area contributed by atoms with Crippen LogP contribution in [0.1, 0.15) is 26.2 Å². The monoisotopic (exact) mass is 382 g/mol. The zero-order chi connectivity index (χ0) is 18.9. The lowest BCUT2D eigenvalue weighted by Gasteiger charge is -2.30. The number of amides is 2. The maximum absolute atomic E-state index is 14.0. The van der Waals surface area contributed by atoms with Crippen LogP contribution in [0.25, 0.3) is 0 Å². The molecule has 26 heavy (non-hydrogen) atoms.